The molecule has 6 nitrogen and oxygen atoms in total. The molecular formula is C5H9N4O2+. The zero-order valence-corrected chi connectivity index (χ0v) is 5.99. The van der Waals surface area contributed by atoms with Gasteiger partial charge in [0.25, 0.3) is 0 Å². The highest BCUT2D eigenvalue weighted by Gasteiger charge is 2.41. The fourth-order valence-electron chi connectivity index (χ4n) is 1.47. The van der Waals surface area contributed by atoms with E-state index in [0.717, 1.165) is 24.6 Å². The first-order valence-corrected chi connectivity index (χ1v) is 3.56. The van der Waals surface area contributed by atoms with Gasteiger partial charge in [-0.05, 0) is 0 Å². The van der Waals surface area contributed by atoms with E-state index in [0.29, 0.717) is 12.5 Å². The second-order valence-electron chi connectivity index (χ2n) is 2.60. The highest BCUT2D eigenvalue weighted by Crippen LogP contribution is 2.02. The number of hydrogen-bond acceptors (Lipinski definition) is 3. The molecule has 1 N–H and O–H groups in total. The van der Waals surface area contributed by atoms with Gasteiger partial charge in [0.15, 0.2) is 6.54 Å². The van der Waals surface area contributed by atoms with Gasteiger partial charge in [-0.2, -0.15) is 0 Å². The molecule has 0 radical (unpaired) electrons. The fraction of sp³-hybridized carbons (Fsp3) is 0.800. The van der Waals surface area contributed by atoms with E-state index in [-0.39, 0.29) is 5.03 Å². The van der Waals surface area contributed by atoms with Gasteiger partial charge in [-0.3, -0.25) is 9.89 Å². The molecule has 0 atom stereocenters. The summed E-state index contributed by atoms with van der Waals surface area (Å²) in [6.07, 6.45) is 0. The number of rotatable bonds is 1. The van der Waals surface area contributed by atoms with Crippen molar-refractivity contribution in [2.75, 3.05) is 26.2 Å². The van der Waals surface area contributed by atoms with Gasteiger partial charge < -0.3 is 0 Å². The Morgan fingerprint density at radius 1 is 1.64 bits per heavy atom. The Bertz CT molecular complexity index is 237. The molecule has 6 heteroatoms. The predicted octanol–water partition coefficient (Wildman–Crippen LogP) is -1.53. The highest BCUT2D eigenvalue weighted by atomic mass is 16.7. The van der Waals surface area contributed by atoms with Crippen LogP contribution in [0.1, 0.15) is 0 Å². The van der Waals surface area contributed by atoms with Crippen LogP contribution in [-0.4, -0.2) is 46.8 Å². The Labute approximate surface area is 63.2 Å². The average Bonchev–Trinajstić information content (AvgIpc) is 2.41. The molecular weight excluding hydrogens is 148 g/mol. The van der Waals surface area contributed by atoms with Crippen LogP contribution < -0.4 is 5.32 Å². The van der Waals surface area contributed by atoms with Crippen LogP contribution in [0.2, 0.25) is 0 Å². The first kappa shape index (κ1) is 6.38. The number of hydrazine groups is 1. The maximum atomic E-state index is 10.4. The molecule has 2 aliphatic rings. The van der Waals surface area contributed by atoms with Crippen LogP contribution in [0.5, 0.6) is 0 Å². The molecule has 2 heterocycles. The summed E-state index contributed by atoms with van der Waals surface area (Å²) < 4.78 is 1.99. The Kier molecular flexibility index (Phi) is 1.21. The lowest BCUT2D eigenvalue weighted by Gasteiger charge is -1.98. The van der Waals surface area contributed by atoms with Crippen LogP contribution in [-0.2, 0) is 0 Å². The summed E-state index contributed by atoms with van der Waals surface area (Å²) in [6.45, 7) is 2.97. The molecule has 2 rings (SSSR count). The molecule has 0 bridgehead atoms. The summed E-state index contributed by atoms with van der Waals surface area (Å²) in [5.41, 5.74) is 0. The third-order valence-electron chi connectivity index (χ3n) is 1.99. The van der Waals surface area contributed by atoms with Crippen LogP contribution >= 0.6 is 0 Å². The minimum atomic E-state index is -0.367. The first-order chi connectivity index (χ1) is 5.29. The van der Waals surface area contributed by atoms with Crippen molar-refractivity contribution < 1.29 is 9.61 Å². The molecule has 60 valence electrons. The van der Waals surface area contributed by atoms with Crippen LogP contribution in [0, 0.1) is 10.1 Å². The molecule has 0 aromatic carbocycles. The van der Waals surface area contributed by atoms with Gasteiger partial charge in [0.2, 0.25) is 5.03 Å². The quantitative estimate of drug-likeness (QED) is 0.285. The lowest BCUT2D eigenvalue weighted by Crippen LogP contribution is -2.41. The standard InChI is InChI=1S/C5H8N4O2/c10-9(11)8-4-3-7-2-1-6-5(7)8/h1-4H2/p+1. The first-order valence-electron chi connectivity index (χ1n) is 3.56. The van der Waals surface area contributed by atoms with E-state index < -0.39 is 0 Å². The summed E-state index contributed by atoms with van der Waals surface area (Å²) >= 11 is 0. The van der Waals surface area contributed by atoms with Gasteiger partial charge >= 0.3 is 5.96 Å². The van der Waals surface area contributed by atoms with Crippen molar-refractivity contribution in [3.05, 3.63) is 10.1 Å². The molecule has 0 fully saturated rings. The van der Waals surface area contributed by atoms with Gasteiger partial charge in [0, 0.05) is 5.01 Å². The highest BCUT2D eigenvalue weighted by molar-refractivity contribution is 5.75. The van der Waals surface area contributed by atoms with E-state index in [1.54, 1.807) is 0 Å². The van der Waals surface area contributed by atoms with E-state index in [1.807, 2.05) is 4.58 Å². The summed E-state index contributed by atoms with van der Waals surface area (Å²) in [5, 5.41) is 14.2. The predicted molar refractivity (Wildman–Crippen MR) is 36.7 cm³/mol. The molecule has 0 aromatic rings. The molecule has 0 aromatic heterocycles. The van der Waals surface area contributed by atoms with Crippen molar-refractivity contribution in [1.82, 2.24) is 10.3 Å². The Morgan fingerprint density at radius 3 is 3.18 bits per heavy atom. The molecule has 0 saturated carbocycles. The largest absolute Gasteiger partial charge is 0.411 e. The molecule has 0 saturated heterocycles. The number of nitro groups is 1. The third kappa shape index (κ3) is 0.821. The molecule has 11 heavy (non-hydrogen) atoms. The zero-order valence-electron chi connectivity index (χ0n) is 5.99. The minimum Gasteiger partial charge on any atom is -0.270 e. The summed E-state index contributed by atoms with van der Waals surface area (Å²) in [5.74, 6) is 0.662. The van der Waals surface area contributed by atoms with E-state index in [9.17, 15) is 10.1 Å². The second-order valence-corrected chi connectivity index (χ2v) is 2.60. The van der Waals surface area contributed by atoms with Gasteiger partial charge in [-0.1, -0.05) is 0 Å². The van der Waals surface area contributed by atoms with Crippen molar-refractivity contribution in [3.8, 4) is 0 Å². The van der Waals surface area contributed by atoms with Crippen LogP contribution in [0.4, 0.5) is 0 Å². The van der Waals surface area contributed by atoms with Gasteiger partial charge in [0.1, 0.15) is 6.54 Å². The Hall–Kier alpha value is -1.33. The Balaban J connectivity index is 2.22. The van der Waals surface area contributed by atoms with Crippen molar-refractivity contribution in [1.29, 1.82) is 0 Å². The van der Waals surface area contributed by atoms with Crippen LogP contribution in [0.3, 0.4) is 0 Å². The zero-order chi connectivity index (χ0) is 7.84. The van der Waals surface area contributed by atoms with Gasteiger partial charge in [0.05, 0.1) is 13.1 Å². The number of hydrogen-bond donors (Lipinski definition) is 1. The maximum absolute atomic E-state index is 10.4. The smallest absolute Gasteiger partial charge is 0.270 e. The summed E-state index contributed by atoms with van der Waals surface area (Å²) in [4.78, 5) is 10.4. The molecule has 0 aliphatic carbocycles. The molecule has 0 amide bonds. The van der Waals surface area contributed by atoms with E-state index >= 15 is 0 Å². The lowest BCUT2D eigenvalue weighted by molar-refractivity contribution is -0.628. The second kappa shape index (κ2) is 2.08. The van der Waals surface area contributed by atoms with Crippen molar-refractivity contribution in [2.45, 2.75) is 0 Å². The van der Waals surface area contributed by atoms with Crippen molar-refractivity contribution in [2.24, 2.45) is 0 Å². The van der Waals surface area contributed by atoms with Gasteiger partial charge in [-0.15, -0.1) is 0 Å². The topological polar surface area (TPSA) is 61.4 Å². The number of nitrogens with one attached hydrogen (secondary N) is 1. The Morgan fingerprint density at radius 2 is 2.45 bits per heavy atom. The monoisotopic (exact) mass is 157 g/mol. The van der Waals surface area contributed by atoms with Crippen molar-refractivity contribution >= 4 is 5.96 Å². The summed E-state index contributed by atoms with van der Waals surface area (Å²) in [6, 6.07) is 0. The van der Waals surface area contributed by atoms with Crippen molar-refractivity contribution in [3.63, 3.8) is 0 Å². The number of nitrogens with zero attached hydrogens (tertiary/aromatic N) is 3. The van der Waals surface area contributed by atoms with E-state index in [1.165, 1.54) is 0 Å². The normalized spacial score (nSPS) is 22.0. The maximum Gasteiger partial charge on any atom is 0.411 e. The van der Waals surface area contributed by atoms with Gasteiger partial charge in [-0.25, -0.2) is 10.1 Å². The SMILES string of the molecule is O=[N+]([O-])N1CC[N+]2=C1NCC2. The molecule has 0 spiro atoms. The van der Waals surface area contributed by atoms with E-state index in [2.05, 4.69) is 5.32 Å². The van der Waals surface area contributed by atoms with E-state index in [4.69, 9.17) is 0 Å². The molecule has 0 unspecified atom stereocenters. The van der Waals surface area contributed by atoms with Crippen LogP contribution in [0.25, 0.3) is 0 Å². The minimum absolute atomic E-state index is 0.367. The lowest BCUT2D eigenvalue weighted by atomic mass is 10.6. The average molecular weight is 157 g/mol. The third-order valence-corrected chi connectivity index (χ3v) is 1.99. The fourth-order valence-corrected chi connectivity index (χ4v) is 1.47. The molecule has 2 aliphatic heterocycles. The van der Waals surface area contributed by atoms with Crippen LogP contribution in [0.15, 0.2) is 0 Å². The number of guanidine groups is 1. The summed E-state index contributed by atoms with van der Waals surface area (Å²) in [7, 11) is 0.